The lowest BCUT2D eigenvalue weighted by molar-refractivity contribution is 0.104. The Hall–Kier alpha value is -3.69. The van der Waals surface area contributed by atoms with Crippen molar-refractivity contribution in [3.8, 4) is 11.5 Å². The molecule has 37 heavy (non-hydrogen) atoms. The zero-order valence-corrected chi connectivity index (χ0v) is 22.0. The molecule has 3 aromatic carbocycles. The molecular formula is C27H27ClN4O4S. The van der Waals surface area contributed by atoms with Gasteiger partial charge in [-0.1, -0.05) is 59.3 Å². The molecule has 10 heteroatoms. The van der Waals surface area contributed by atoms with E-state index in [1.54, 1.807) is 19.1 Å². The number of nitrogens with one attached hydrogen (secondary N) is 2. The van der Waals surface area contributed by atoms with Gasteiger partial charge in [0.05, 0.1) is 36.5 Å². The number of amides is 1. The summed E-state index contributed by atoms with van der Waals surface area (Å²) in [6, 6.07) is 20.5. The van der Waals surface area contributed by atoms with Gasteiger partial charge in [0, 0.05) is 18.1 Å². The van der Waals surface area contributed by atoms with E-state index < -0.39 is 0 Å². The smallest absolute Gasteiger partial charge is 0.410 e. The number of carbonyl (C=O) groups is 1. The van der Waals surface area contributed by atoms with Crippen LogP contribution in [0.1, 0.15) is 5.56 Å². The first-order valence-corrected chi connectivity index (χ1v) is 13.0. The molecule has 1 amide bonds. The van der Waals surface area contributed by atoms with Crippen LogP contribution in [0.25, 0.3) is 10.2 Å². The van der Waals surface area contributed by atoms with Crippen molar-refractivity contribution in [2.45, 2.75) is 18.7 Å². The van der Waals surface area contributed by atoms with Gasteiger partial charge in [-0.05, 0) is 35.9 Å². The molecule has 2 heterocycles. The molecule has 0 saturated carbocycles. The highest BCUT2D eigenvalue weighted by atomic mass is 35.5. The highest BCUT2D eigenvalue weighted by Gasteiger charge is 2.37. The van der Waals surface area contributed by atoms with E-state index in [0.717, 1.165) is 26.6 Å². The van der Waals surface area contributed by atoms with Crippen LogP contribution in [0.2, 0.25) is 5.02 Å². The van der Waals surface area contributed by atoms with Crippen LogP contribution in [0, 0.1) is 0 Å². The number of ether oxygens (including phenoxy) is 3. The van der Waals surface area contributed by atoms with Crippen LogP contribution in [0.15, 0.2) is 66.7 Å². The predicted octanol–water partition coefficient (Wildman–Crippen LogP) is 5.88. The van der Waals surface area contributed by atoms with Crippen molar-refractivity contribution in [1.82, 2.24) is 9.88 Å². The minimum absolute atomic E-state index is 0.157. The number of benzene rings is 3. The number of para-hydroxylation sites is 1. The molecule has 0 spiro atoms. The van der Waals surface area contributed by atoms with Gasteiger partial charge in [0.1, 0.15) is 23.8 Å². The predicted molar refractivity (Wildman–Crippen MR) is 147 cm³/mol. The summed E-state index contributed by atoms with van der Waals surface area (Å²) in [5.41, 5.74) is 2.52. The fourth-order valence-corrected chi connectivity index (χ4v) is 5.56. The summed E-state index contributed by atoms with van der Waals surface area (Å²) in [5, 5.41) is 8.49. The number of halogens is 1. The van der Waals surface area contributed by atoms with Gasteiger partial charge in [-0.3, -0.25) is 0 Å². The summed E-state index contributed by atoms with van der Waals surface area (Å²) in [5.74, 6) is 1.30. The molecule has 4 aromatic rings. The Bertz CT molecular complexity index is 1360. The van der Waals surface area contributed by atoms with Crippen molar-refractivity contribution < 1.29 is 19.0 Å². The van der Waals surface area contributed by atoms with Crippen LogP contribution < -0.4 is 20.1 Å². The SMILES string of the molecule is COc1cccc(OC)c1NC1CN(C(=O)OCc2ccccc2)CC1Nc1nc2ccc(Cl)cc2s1. The Labute approximate surface area is 224 Å². The van der Waals surface area contributed by atoms with Crippen LogP contribution in [0.4, 0.5) is 15.6 Å². The molecule has 0 bridgehead atoms. The number of hydrogen-bond donors (Lipinski definition) is 2. The average molecular weight is 539 g/mol. The quantitative estimate of drug-likeness (QED) is 0.290. The third-order valence-electron chi connectivity index (χ3n) is 6.20. The van der Waals surface area contributed by atoms with Crippen molar-refractivity contribution in [2.75, 3.05) is 37.9 Å². The first-order chi connectivity index (χ1) is 18.0. The number of rotatable bonds is 8. The van der Waals surface area contributed by atoms with E-state index in [1.165, 1.54) is 11.3 Å². The number of thiazole rings is 1. The Morgan fingerprint density at radius 3 is 2.41 bits per heavy atom. The second-order valence-corrected chi connectivity index (χ2v) is 10.1. The fourth-order valence-electron chi connectivity index (χ4n) is 4.35. The van der Waals surface area contributed by atoms with Crippen molar-refractivity contribution in [1.29, 1.82) is 0 Å². The van der Waals surface area contributed by atoms with Crippen LogP contribution in [0.5, 0.6) is 11.5 Å². The van der Waals surface area contributed by atoms with E-state index >= 15 is 0 Å². The molecule has 1 saturated heterocycles. The number of aromatic nitrogens is 1. The van der Waals surface area contributed by atoms with Gasteiger partial charge in [0.2, 0.25) is 0 Å². The van der Waals surface area contributed by atoms with Gasteiger partial charge >= 0.3 is 6.09 Å². The minimum Gasteiger partial charge on any atom is -0.494 e. The number of carbonyl (C=O) groups excluding carboxylic acids is 1. The van der Waals surface area contributed by atoms with E-state index in [-0.39, 0.29) is 24.8 Å². The maximum absolute atomic E-state index is 13.0. The summed E-state index contributed by atoms with van der Waals surface area (Å²) in [7, 11) is 3.23. The number of hydrogen-bond acceptors (Lipinski definition) is 8. The largest absolute Gasteiger partial charge is 0.494 e. The lowest BCUT2D eigenvalue weighted by Crippen LogP contribution is -2.38. The molecular weight excluding hydrogens is 512 g/mol. The molecule has 192 valence electrons. The van der Waals surface area contributed by atoms with E-state index in [4.69, 9.17) is 30.8 Å². The van der Waals surface area contributed by atoms with Crippen LogP contribution in [0.3, 0.4) is 0 Å². The Kier molecular flexibility index (Phi) is 7.52. The molecule has 0 radical (unpaired) electrons. The van der Waals surface area contributed by atoms with E-state index in [0.29, 0.717) is 29.6 Å². The van der Waals surface area contributed by atoms with Crippen molar-refractivity contribution in [2.24, 2.45) is 0 Å². The maximum atomic E-state index is 13.0. The second kappa shape index (κ2) is 11.1. The molecule has 2 atom stereocenters. The molecule has 1 aliphatic rings. The molecule has 1 fully saturated rings. The highest BCUT2D eigenvalue weighted by Crippen LogP contribution is 2.36. The monoisotopic (exact) mass is 538 g/mol. The van der Waals surface area contributed by atoms with Crippen LogP contribution in [-0.4, -0.2) is 55.4 Å². The fraction of sp³-hybridized carbons (Fsp3) is 0.259. The lowest BCUT2D eigenvalue weighted by atomic mass is 10.1. The van der Waals surface area contributed by atoms with Crippen molar-refractivity contribution in [3.63, 3.8) is 0 Å². The highest BCUT2D eigenvalue weighted by molar-refractivity contribution is 7.22. The summed E-state index contributed by atoms with van der Waals surface area (Å²) in [6.45, 7) is 1.06. The van der Waals surface area contributed by atoms with Gasteiger partial charge in [-0.2, -0.15) is 0 Å². The van der Waals surface area contributed by atoms with Crippen LogP contribution in [-0.2, 0) is 11.3 Å². The van der Waals surface area contributed by atoms with Crippen molar-refractivity contribution >= 4 is 50.1 Å². The van der Waals surface area contributed by atoms with Gasteiger partial charge in [0.25, 0.3) is 0 Å². The Morgan fingerprint density at radius 2 is 1.70 bits per heavy atom. The maximum Gasteiger partial charge on any atom is 0.410 e. The molecule has 5 rings (SSSR count). The third kappa shape index (κ3) is 5.68. The molecule has 1 aromatic heterocycles. The zero-order valence-electron chi connectivity index (χ0n) is 20.4. The van der Waals surface area contributed by atoms with Gasteiger partial charge in [0.15, 0.2) is 5.13 Å². The Morgan fingerprint density at radius 1 is 1.00 bits per heavy atom. The van der Waals surface area contributed by atoms with E-state index in [2.05, 4.69) is 10.6 Å². The molecule has 2 N–H and O–H groups in total. The second-order valence-electron chi connectivity index (χ2n) is 8.62. The van der Waals surface area contributed by atoms with Crippen molar-refractivity contribution in [3.05, 3.63) is 77.3 Å². The van der Waals surface area contributed by atoms with E-state index in [1.807, 2.05) is 66.7 Å². The average Bonchev–Trinajstić information content (AvgIpc) is 3.51. The first kappa shape index (κ1) is 25.0. The topological polar surface area (TPSA) is 85.0 Å². The third-order valence-corrected chi connectivity index (χ3v) is 7.38. The summed E-state index contributed by atoms with van der Waals surface area (Å²) >= 11 is 7.68. The number of nitrogens with zero attached hydrogens (tertiary/aromatic N) is 2. The number of likely N-dealkylation sites (tertiary alicyclic amines) is 1. The molecule has 2 unspecified atom stereocenters. The molecule has 0 aliphatic carbocycles. The lowest BCUT2D eigenvalue weighted by Gasteiger charge is -2.23. The van der Waals surface area contributed by atoms with Crippen LogP contribution >= 0.6 is 22.9 Å². The Balaban J connectivity index is 1.37. The number of fused-ring (bicyclic) bond motifs is 1. The van der Waals surface area contributed by atoms with E-state index in [9.17, 15) is 4.79 Å². The minimum atomic E-state index is -0.372. The summed E-state index contributed by atoms with van der Waals surface area (Å²) in [6.07, 6.45) is -0.372. The normalized spacial score (nSPS) is 17.0. The molecule has 1 aliphatic heterocycles. The standard InChI is InChI=1S/C27H27ClN4O4S/c1-34-22-9-6-10-23(35-2)25(22)29-20-14-32(27(33)36-16-17-7-4-3-5-8-17)15-21(20)31-26-30-19-12-11-18(28)13-24(19)37-26/h3-13,20-21,29H,14-16H2,1-2H3,(H,30,31). The van der Waals surface area contributed by atoms with Gasteiger partial charge in [-0.25, -0.2) is 9.78 Å². The van der Waals surface area contributed by atoms with Gasteiger partial charge in [-0.15, -0.1) is 0 Å². The first-order valence-electron chi connectivity index (χ1n) is 11.8. The zero-order chi connectivity index (χ0) is 25.8. The number of anilines is 2. The summed E-state index contributed by atoms with van der Waals surface area (Å²) < 4.78 is 17.8. The number of methoxy groups -OCH3 is 2. The van der Waals surface area contributed by atoms with Gasteiger partial charge < -0.3 is 29.7 Å². The summed E-state index contributed by atoms with van der Waals surface area (Å²) in [4.78, 5) is 19.4. The molecule has 8 nitrogen and oxygen atoms in total.